The molecule has 5 heteroatoms. The van der Waals surface area contributed by atoms with E-state index in [0.717, 1.165) is 29.9 Å². The minimum absolute atomic E-state index is 0.655. The Balaban J connectivity index is 1.59. The van der Waals surface area contributed by atoms with Crippen LogP contribution >= 0.6 is 0 Å². The van der Waals surface area contributed by atoms with Crippen LogP contribution in [0.4, 0.5) is 0 Å². The Morgan fingerprint density at radius 3 is 2.70 bits per heavy atom. The predicted octanol–water partition coefficient (Wildman–Crippen LogP) is 2.14. The first-order chi connectivity index (χ1) is 9.79. The van der Waals surface area contributed by atoms with Crippen LogP contribution in [0.1, 0.15) is 22.6 Å². The summed E-state index contributed by atoms with van der Waals surface area (Å²) < 4.78 is 1.83. The molecule has 0 aliphatic heterocycles. The van der Waals surface area contributed by atoms with Crippen molar-refractivity contribution in [2.75, 3.05) is 0 Å². The Morgan fingerprint density at radius 2 is 1.95 bits per heavy atom. The third-order valence-corrected chi connectivity index (χ3v) is 3.18. The zero-order valence-corrected chi connectivity index (χ0v) is 11.5. The summed E-state index contributed by atoms with van der Waals surface area (Å²) in [6.07, 6.45) is 3.89. The summed E-state index contributed by atoms with van der Waals surface area (Å²) in [4.78, 5) is 0. The minimum Gasteiger partial charge on any atom is -0.283 e. The number of aromatic amines is 1. The molecular formula is C15H17N5. The number of H-pyrrole nitrogens is 1. The van der Waals surface area contributed by atoms with E-state index in [2.05, 4.69) is 44.8 Å². The van der Waals surface area contributed by atoms with Gasteiger partial charge in [0, 0.05) is 11.9 Å². The number of aryl methyl sites for hydroxylation is 3. The lowest BCUT2D eigenvalue weighted by Gasteiger charge is -1.97. The molecule has 0 aliphatic rings. The molecule has 0 atom stereocenters. The van der Waals surface area contributed by atoms with Gasteiger partial charge in [0.25, 0.3) is 0 Å². The van der Waals surface area contributed by atoms with E-state index in [1.165, 1.54) is 5.56 Å². The summed E-state index contributed by atoms with van der Waals surface area (Å²) >= 11 is 0. The molecule has 0 fully saturated rings. The molecule has 2 heterocycles. The van der Waals surface area contributed by atoms with Gasteiger partial charge < -0.3 is 0 Å². The van der Waals surface area contributed by atoms with Crippen LogP contribution in [0.2, 0.25) is 0 Å². The molecule has 2 aromatic heterocycles. The summed E-state index contributed by atoms with van der Waals surface area (Å²) in [6.45, 7) is 2.64. The quantitative estimate of drug-likeness (QED) is 0.770. The first-order valence-electron chi connectivity index (χ1n) is 6.73. The highest BCUT2D eigenvalue weighted by molar-refractivity contribution is 5.16. The standard InChI is InChI=1S/C15H17N5/c1-12-9-15(17-16-12)11-20-10-14(18-19-20)8-7-13-5-3-2-4-6-13/h2-6,9-10H,7-8,11H2,1H3,(H,16,17). The van der Waals surface area contributed by atoms with Gasteiger partial charge in [0.1, 0.15) is 0 Å². The maximum Gasteiger partial charge on any atom is 0.0867 e. The van der Waals surface area contributed by atoms with Gasteiger partial charge in [-0.2, -0.15) is 5.10 Å². The smallest absolute Gasteiger partial charge is 0.0867 e. The van der Waals surface area contributed by atoms with E-state index in [9.17, 15) is 0 Å². The van der Waals surface area contributed by atoms with E-state index in [4.69, 9.17) is 0 Å². The topological polar surface area (TPSA) is 59.4 Å². The van der Waals surface area contributed by atoms with Crippen molar-refractivity contribution in [2.24, 2.45) is 0 Å². The fraction of sp³-hybridized carbons (Fsp3) is 0.267. The summed E-state index contributed by atoms with van der Waals surface area (Å²) in [7, 11) is 0. The van der Waals surface area contributed by atoms with Crippen LogP contribution in [0, 0.1) is 6.92 Å². The lowest BCUT2D eigenvalue weighted by molar-refractivity contribution is 0.636. The van der Waals surface area contributed by atoms with Gasteiger partial charge in [0.2, 0.25) is 0 Å². The second-order valence-corrected chi connectivity index (χ2v) is 4.94. The Labute approximate surface area is 117 Å². The number of aromatic nitrogens is 5. The van der Waals surface area contributed by atoms with Crippen molar-refractivity contribution >= 4 is 0 Å². The maximum absolute atomic E-state index is 4.21. The molecular weight excluding hydrogens is 250 g/mol. The van der Waals surface area contributed by atoms with Crippen molar-refractivity contribution in [3.63, 3.8) is 0 Å². The van der Waals surface area contributed by atoms with Crippen LogP contribution in [0.25, 0.3) is 0 Å². The number of hydrogen-bond donors (Lipinski definition) is 1. The minimum atomic E-state index is 0.655. The van der Waals surface area contributed by atoms with Gasteiger partial charge in [-0.1, -0.05) is 35.5 Å². The van der Waals surface area contributed by atoms with Crippen LogP contribution in [-0.2, 0) is 19.4 Å². The number of nitrogens with zero attached hydrogens (tertiary/aromatic N) is 4. The van der Waals surface area contributed by atoms with Gasteiger partial charge in [-0.15, -0.1) is 5.10 Å². The summed E-state index contributed by atoms with van der Waals surface area (Å²) in [6, 6.07) is 12.4. The number of nitrogens with one attached hydrogen (secondary N) is 1. The second-order valence-electron chi connectivity index (χ2n) is 4.94. The van der Waals surface area contributed by atoms with E-state index in [0.29, 0.717) is 6.54 Å². The Morgan fingerprint density at radius 1 is 1.10 bits per heavy atom. The fourth-order valence-corrected chi connectivity index (χ4v) is 2.17. The molecule has 1 aromatic carbocycles. The van der Waals surface area contributed by atoms with Crippen LogP contribution in [-0.4, -0.2) is 25.2 Å². The van der Waals surface area contributed by atoms with E-state index in [1.54, 1.807) is 0 Å². The second kappa shape index (κ2) is 5.69. The molecule has 3 rings (SSSR count). The van der Waals surface area contributed by atoms with E-state index in [-0.39, 0.29) is 0 Å². The summed E-state index contributed by atoms with van der Waals surface area (Å²) in [5.41, 5.74) is 4.37. The van der Waals surface area contributed by atoms with Crippen LogP contribution in [0.3, 0.4) is 0 Å². The molecule has 0 spiro atoms. The third-order valence-electron chi connectivity index (χ3n) is 3.18. The SMILES string of the molecule is Cc1cc(Cn2cc(CCc3ccccc3)nn2)n[nH]1. The monoisotopic (exact) mass is 267 g/mol. The Hall–Kier alpha value is -2.43. The van der Waals surface area contributed by atoms with Crippen LogP contribution < -0.4 is 0 Å². The molecule has 1 N–H and O–H groups in total. The average molecular weight is 267 g/mol. The van der Waals surface area contributed by atoms with Gasteiger partial charge in [0.05, 0.1) is 17.9 Å². The first-order valence-corrected chi connectivity index (χ1v) is 6.73. The number of hydrogen-bond acceptors (Lipinski definition) is 3. The van der Waals surface area contributed by atoms with Crippen molar-refractivity contribution in [1.29, 1.82) is 0 Å². The highest BCUT2D eigenvalue weighted by Gasteiger charge is 2.04. The lowest BCUT2D eigenvalue weighted by Crippen LogP contribution is -2.00. The summed E-state index contributed by atoms with van der Waals surface area (Å²) in [5.74, 6) is 0. The lowest BCUT2D eigenvalue weighted by atomic mass is 10.1. The molecule has 0 amide bonds. The molecule has 0 saturated carbocycles. The third kappa shape index (κ3) is 3.12. The van der Waals surface area contributed by atoms with Gasteiger partial charge in [-0.3, -0.25) is 5.10 Å². The molecule has 0 saturated heterocycles. The highest BCUT2D eigenvalue weighted by atomic mass is 15.4. The molecule has 0 aliphatic carbocycles. The van der Waals surface area contributed by atoms with Crippen molar-refractivity contribution in [2.45, 2.75) is 26.3 Å². The largest absolute Gasteiger partial charge is 0.283 e. The Kier molecular flexibility index (Phi) is 3.58. The fourth-order valence-electron chi connectivity index (χ4n) is 2.17. The molecule has 20 heavy (non-hydrogen) atoms. The zero-order chi connectivity index (χ0) is 13.8. The van der Waals surface area contributed by atoms with Gasteiger partial charge in [0.15, 0.2) is 0 Å². The average Bonchev–Trinajstić information content (AvgIpc) is 3.08. The molecule has 5 nitrogen and oxygen atoms in total. The maximum atomic E-state index is 4.21. The van der Waals surface area contributed by atoms with E-state index < -0.39 is 0 Å². The van der Waals surface area contributed by atoms with Gasteiger partial charge in [-0.25, -0.2) is 4.68 Å². The van der Waals surface area contributed by atoms with E-state index in [1.807, 2.05) is 29.9 Å². The zero-order valence-electron chi connectivity index (χ0n) is 11.5. The van der Waals surface area contributed by atoms with Crippen molar-refractivity contribution in [3.05, 3.63) is 65.2 Å². The summed E-state index contributed by atoms with van der Waals surface area (Å²) in [5, 5.41) is 15.5. The number of benzene rings is 1. The highest BCUT2D eigenvalue weighted by Crippen LogP contribution is 2.06. The number of rotatable bonds is 5. The molecule has 102 valence electrons. The van der Waals surface area contributed by atoms with Gasteiger partial charge in [-0.05, 0) is 31.4 Å². The predicted molar refractivity (Wildman–Crippen MR) is 76.3 cm³/mol. The molecule has 0 unspecified atom stereocenters. The van der Waals surface area contributed by atoms with Crippen molar-refractivity contribution in [3.8, 4) is 0 Å². The molecule has 3 aromatic rings. The van der Waals surface area contributed by atoms with E-state index >= 15 is 0 Å². The normalized spacial score (nSPS) is 10.8. The van der Waals surface area contributed by atoms with Crippen LogP contribution in [0.15, 0.2) is 42.6 Å². The van der Waals surface area contributed by atoms with Crippen molar-refractivity contribution < 1.29 is 0 Å². The van der Waals surface area contributed by atoms with Gasteiger partial charge >= 0.3 is 0 Å². The molecule has 0 bridgehead atoms. The Bertz CT molecular complexity index is 668. The first kappa shape index (κ1) is 12.6. The van der Waals surface area contributed by atoms with Crippen molar-refractivity contribution in [1.82, 2.24) is 25.2 Å². The van der Waals surface area contributed by atoms with Crippen LogP contribution in [0.5, 0.6) is 0 Å². The molecule has 0 radical (unpaired) electrons.